The minimum atomic E-state index is -1.70. The average molecular weight is 396 g/mol. The summed E-state index contributed by atoms with van der Waals surface area (Å²) in [4.78, 5) is 39.3. The second kappa shape index (κ2) is 10.6. The third-order valence-corrected chi connectivity index (χ3v) is 3.61. The van der Waals surface area contributed by atoms with Crippen LogP contribution in [0.1, 0.15) is 23.2 Å². The maximum absolute atomic E-state index is 12.4. The number of aliphatic carboxylic acids is 1. The molecule has 2 amide bonds. The number of nitrogens with zero attached hydrogens (tertiary/aromatic N) is 1. The van der Waals surface area contributed by atoms with Gasteiger partial charge in [0.05, 0.1) is 24.2 Å². The lowest BCUT2D eigenvalue weighted by Gasteiger charge is -2.23. The first kappa shape index (κ1) is 22.5. The number of aliphatic hydroxyl groups excluding tert-OH is 1. The van der Waals surface area contributed by atoms with E-state index >= 15 is 0 Å². The Morgan fingerprint density at radius 1 is 1.14 bits per heavy atom. The molecule has 9 N–H and O–H groups in total. The maximum Gasteiger partial charge on any atom is 0.255 e. The van der Waals surface area contributed by atoms with Gasteiger partial charge in [-0.1, -0.05) is 6.07 Å². The number of amides is 2. The Bertz CT molecular complexity index is 749. The number of rotatable bonds is 10. The van der Waals surface area contributed by atoms with E-state index in [9.17, 15) is 29.7 Å². The van der Waals surface area contributed by atoms with Crippen LogP contribution in [0.15, 0.2) is 23.2 Å². The van der Waals surface area contributed by atoms with Gasteiger partial charge in [-0.25, -0.2) is 0 Å². The third kappa shape index (κ3) is 6.64. The van der Waals surface area contributed by atoms with Crippen LogP contribution in [0.5, 0.6) is 11.5 Å². The predicted molar refractivity (Wildman–Crippen MR) is 95.0 cm³/mol. The van der Waals surface area contributed by atoms with Gasteiger partial charge in [-0.2, -0.15) is 0 Å². The summed E-state index contributed by atoms with van der Waals surface area (Å²) in [5.74, 6) is -4.86. The number of hydrogen-bond acceptors (Lipinski definition) is 8. The smallest absolute Gasteiger partial charge is 0.255 e. The van der Waals surface area contributed by atoms with Crippen molar-refractivity contribution < 1.29 is 34.8 Å². The van der Waals surface area contributed by atoms with Crippen molar-refractivity contribution in [1.29, 1.82) is 0 Å². The first-order chi connectivity index (χ1) is 13.2. The summed E-state index contributed by atoms with van der Waals surface area (Å²) >= 11 is 0. The molecule has 12 nitrogen and oxygen atoms in total. The van der Waals surface area contributed by atoms with E-state index in [-0.39, 0.29) is 30.9 Å². The van der Waals surface area contributed by atoms with Crippen LogP contribution in [0, 0.1) is 0 Å². The summed E-state index contributed by atoms with van der Waals surface area (Å²) in [6.07, 6.45) is 0.260. The molecule has 0 heterocycles. The highest BCUT2D eigenvalue weighted by atomic mass is 16.4. The van der Waals surface area contributed by atoms with E-state index in [0.29, 0.717) is 0 Å². The van der Waals surface area contributed by atoms with Crippen molar-refractivity contribution in [1.82, 2.24) is 10.6 Å². The molecule has 154 valence electrons. The zero-order chi connectivity index (χ0) is 21.3. The van der Waals surface area contributed by atoms with Crippen LogP contribution in [0.3, 0.4) is 0 Å². The molecule has 2 atom stereocenters. The fraction of sp³-hybridized carbons (Fsp3) is 0.375. The van der Waals surface area contributed by atoms with Crippen molar-refractivity contribution >= 4 is 23.7 Å². The Labute approximate surface area is 159 Å². The molecular weight excluding hydrogens is 374 g/mol. The van der Waals surface area contributed by atoms with Crippen LogP contribution >= 0.6 is 0 Å². The van der Waals surface area contributed by atoms with Gasteiger partial charge >= 0.3 is 0 Å². The third-order valence-electron chi connectivity index (χ3n) is 3.61. The number of carboxylic acids is 1. The number of benzene rings is 1. The SMILES string of the molecule is NC(N)=NCCCC(NC(=O)c1cccc(O)c1O)C(=O)NC(CO)C(=O)[O-]. The maximum atomic E-state index is 12.4. The number of aromatic hydroxyl groups is 2. The van der Waals surface area contributed by atoms with E-state index in [2.05, 4.69) is 10.3 Å². The number of aliphatic imine (C=N–C) groups is 1. The molecule has 1 rings (SSSR count). The lowest BCUT2D eigenvalue weighted by molar-refractivity contribution is -0.309. The molecule has 0 spiro atoms. The van der Waals surface area contributed by atoms with E-state index in [1.54, 1.807) is 0 Å². The zero-order valence-corrected chi connectivity index (χ0v) is 14.8. The van der Waals surface area contributed by atoms with Gasteiger partial charge in [-0.15, -0.1) is 0 Å². The first-order valence-electron chi connectivity index (χ1n) is 8.16. The fourth-order valence-corrected chi connectivity index (χ4v) is 2.17. The molecule has 12 heteroatoms. The molecule has 1 aromatic rings. The Hall–Kier alpha value is -3.54. The molecule has 1 aromatic carbocycles. The monoisotopic (exact) mass is 396 g/mol. The van der Waals surface area contributed by atoms with E-state index in [0.717, 1.165) is 6.07 Å². The quantitative estimate of drug-likeness (QED) is 0.0899. The van der Waals surface area contributed by atoms with Crippen molar-refractivity contribution in [3.63, 3.8) is 0 Å². The summed E-state index contributed by atoms with van der Waals surface area (Å²) in [5, 5.41) is 43.5. The van der Waals surface area contributed by atoms with Crippen molar-refractivity contribution in [3.05, 3.63) is 23.8 Å². The fourth-order valence-electron chi connectivity index (χ4n) is 2.17. The first-order valence-corrected chi connectivity index (χ1v) is 8.16. The minimum absolute atomic E-state index is 0.0130. The number of nitrogens with one attached hydrogen (secondary N) is 2. The number of nitrogens with two attached hydrogens (primary N) is 2. The van der Waals surface area contributed by atoms with Gasteiger partial charge < -0.3 is 47.3 Å². The number of para-hydroxylation sites is 1. The second-order valence-electron chi connectivity index (χ2n) is 5.71. The molecule has 0 aromatic heterocycles. The topological polar surface area (TPSA) is 223 Å². The van der Waals surface area contributed by atoms with Crippen LogP contribution in [0.4, 0.5) is 0 Å². The van der Waals surface area contributed by atoms with Crippen LogP contribution in [0.25, 0.3) is 0 Å². The predicted octanol–water partition coefficient (Wildman–Crippen LogP) is -3.52. The van der Waals surface area contributed by atoms with E-state index in [1.165, 1.54) is 12.1 Å². The number of carbonyl (C=O) groups is 3. The highest BCUT2D eigenvalue weighted by Crippen LogP contribution is 2.28. The van der Waals surface area contributed by atoms with E-state index < -0.39 is 48.0 Å². The highest BCUT2D eigenvalue weighted by molar-refractivity contribution is 6.00. The van der Waals surface area contributed by atoms with Crippen LogP contribution in [-0.2, 0) is 9.59 Å². The van der Waals surface area contributed by atoms with Gasteiger partial charge in [-0.3, -0.25) is 14.6 Å². The standard InChI is InChI=1S/C16H23N5O7/c17-16(18)19-6-2-4-9(14(26)21-10(7-22)15(27)28)20-13(25)8-3-1-5-11(23)12(8)24/h1,3,5,9-10,22-24H,2,4,6-7H2,(H,20,25)(H,21,26)(H,27,28)(H4,17,18,19)/p-1. The molecule has 0 aliphatic carbocycles. The molecule has 0 aliphatic heterocycles. The van der Waals surface area contributed by atoms with Crippen LogP contribution in [0.2, 0.25) is 0 Å². The Morgan fingerprint density at radius 2 is 1.82 bits per heavy atom. The summed E-state index contributed by atoms with van der Waals surface area (Å²) in [6.45, 7) is -0.765. The van der Waals surface area contributed by atoms with Crippen molar-refractivity contribution in [2.24, 2.45) is 16.5 Å². The minimum Gasteiger partial charge on any atom is -0.548 e. The zero-order valence-electron chi connectivity index (χ0n) is 14.8. The molecule has 0 fully saturated rings. The normalized spacial score (nSPS) is 12.5. The summed E-state index contributed by atoms with van der Waals surface area (Å²) < 4.78 is 0. The van der Waals surface area contributed by atoms with Crippen LogP contribution in [-0.4, -0.2) is 64.3 Å². The number of aliphatic hydroxyl groups is 1. The number of carboxylic acid groups (broad SMARTS) is 1. The van der Waals surface area contributed by atoms with Crippen molar-refractivity contribution in [3.8, 4) is 11.5 Å². The molecule has 2 unspecified atom stereocenters. The molecular formula is C16H22N5O7-. The summed E-state index contributed by atoms with van der Waals surface area (Å²) in [5.41, 5.74) is 10.1. The Morgan fingerprint density at radius 3 is 2.39 bits per heavy atom. The van der Waals surface area contributed by atoms with Gasteiger partial charge in [0, 0.05) is 6.54 Å². The van der Waals surface area contributed by atoms with E-state index in [1.807, 2.05) is 5.32 Å². The average Bonchev–Trinajstić information content (AvgIpc) is 2.63. The van der Waals surface area contributed by atoms with E-state index in [4.69, 9.17) is 16.6 Å². The van der Waals surface area contributed by atoms with Gasteiger partial charge in [0.2, 0.25) is 5.91 Å². The molecule has 0 saturated carbocycles. The summed E-state index contributed by atoms with van der Waals surface area (Å²) in [7, 11) is 0. The van der Waals surface area contributed by atoms with Gasteiger partial charge in [-0.05, 0) is 25.0 Å². The number of phenols is 2. The lowest BCUT2D eigenvalue weighted by Crippen LogP contribution is -2.55. The largest absolute Gasteiger partial charge is 0.548 e. The number of carbonyl (C=O) groups excluding carboxylic acids is 3. The molecule has 0 bridgehead atoms. The summed E-state index contributed by atoms with van der Waals surface area (Å²) in [6, 6.07) is 0.791. The van der Waals surface area contributed by atoms with Gasteiger partial charge in [0.15, 0.2) is 17.5 Å². The van der Waals surface area contributed by atoms with Crippen LogP contribution < -0.4 is 27.2 Å². The van der Waals surface area contributed by atoms with Gasteiger partial charge in [0.1, 0.15) is 6.04 Å². The van der Waals surface area contributed by atoms with Crippen molar-refractivity contribution in [2.75, 3.05) is 13.2 Å². The highest BCUT2D eigenvalue weighted by Gasteiger charge is 2.25. The molecule has 0 radical (unpaired) electrons. The number of guanidine groups is 1. The molecule has 0 saturated heterocycles. The number of hydrogen-bond donors (Lipinski definition) is 7. The van der Waals surface area contributed by atoms with Crippen molar-refractivity contribution in [2.45, 2.75) is 24.9 Å². The van der Waals surface area contributed by atoms with Gasteiger partial charge in [0.25, 0.3) is 5.91 Å². The number of phenolic OH excluding ortho intramolecular Hbond substituents is 2. The lowest BCUT2D eigenvalue weighted by atomic mass is 10.1. The Kier molecular flexibility index (Phi) is 8.49. The molecule has 0 aliphatic rings. The second-order valence-corrected chi connectivity index (χ2v) is 5.71. The Balaban J connectivity index is 2.93. The molecule has 28 heavy (non-hydrogen) atoms.